The van der Waals surface area contributed by atoms with Gasteiger partial charge < -0.3 is 19.5 Å². The molecule has 0 saturated carbocycles. The zero-order chi connectivity index (χ0) is 21.8. The molecule has 1 amide bonds. The molecule has 31 heavy (non-hydrogen) atoms. The van der Waals surface area contributed by atoms with Crippen molar-refractivity contribution in [1.82, 2.24) is 9.80 Å². The van der Waals surface area contributed by atoms with Crippen LogP contribution >= 0.6 is 0 Å². The van der Waals surface area contributed by atoms with E-state index in [4.69, 9.17) is 9.47 Å². The van der Waals surface area contributed by atoms with Gasteiger partial charge in [-0.25, -0.2) is 0 Å². The lowest BCUT2D eigenvalue weighted by Gasteiger charge is -2.31. The number of nitrogens with zero attached hydrogens (tertiary/aromatic N) is 2. The molecule has 2 heterocycles. The standard InChI is InChI=1S/C24H26N2O5/c1-30-19-9-7-18(8-10-19)22(27)20-21(17-5-3-2-4-6-17)26(24(29)23(20)28)12-11-25-13-15-31-16-14-25/h2-10,21,27H,11-16H2,1H3/b22-20+. The van der Waals surface area contributed by atoms with Gasteiger partial charge in [0, 0.05) is 31.7 Å². The summed E-state index contributed by atoms with van der Waals surface area (Å²) in [5.41, 5.74) is 1.37. The number of Topliss-reactive ketones (excluding diaryl/α,β-unsaturated/α-hetero) is 1. The molecule has 1 atom stereocenters. The lowest BCUT2D eigenvalue weighted by atomic mass is 9.95. The predicted molar refractivity (Wildman–Crippen MR) is 116 cm³/mol. The number of benzene rings is 2. The van der Waals surface area contributed by atoms with Crippen molar-refractivity contribution in [3.63, 3.8) is 0 Å². The number of carbonyl (C=O) groups is 2. The molecular weight excluding hydrogens is 396 g/mol. The van der Waals surface area contributed by atoms with E-state index >= 15 is 0 Å². The van der Waals surface area contributed by atoms with Gasteiger partial charge in [-0.2, -0.15) is 0 Å². The number of hydrogen-bond donors (Lipinski definition) is 1. The Labute approximate surface area is 181 Å². The number of methoxy groups -OCH3 is 1. The monoisotopic (exact) mass is 422 g/mol. The molecule has 7 heteroatoms. The maximum atomic E-state index is 13.0. The minimum absolute atomic E-state index is 0.114. The smallest absolute Gasteiger partial charge is 0.295 e. The molecule has 1 N–H and O–H groups in total. The molecule has 0 bridgehead atoms. The summed E-state index contributed by atoms with van der Waals surface area (Å²) in [5, 5.41) is 11.1. The van der Waals surface area contributed by atoms with Gasteiger partial charge in [-0.1, -0.05) is 30.3 Å². The van der Waals surface area contributed by atoms with Crippen molar-refractivity contribution >= 4 is 17.4 Å². The molecule has 2 saturated heterocycles. The van der Waals surface area contributed by atoms with Crippen molar-refractivity contribution in [2.24, 2.45) is 0 Å². The lowest BCUT2D eigenvalue weighted by Crippen LogP contribution is -2.42. The molecule has 2 aromatic rings. The fourth-order valence-electron chi connectivity index (χ4n) is 4.07. The second kappa shape index (κ2) is 9.32. The SMILES string of the molecule is COc1ccc(/C(O)=C2\C(=O)C(=O)N(CCN3CCOCC3)C2c2ccccc2)cc1. The highest BCUT2D eigenvalue weighted by molar-refractivity contribution is 6.46. The maximum absolute atomic E-state index is 13.0. The Morgan fingerprint density at radius 3 is 2.35 bits per heavy atom. The largest absolute Gasteiger partial charge is 0.507 e. The Bertz CT molecular complexity index is 965. The maximum Gasteiger partial charge on any atom is 0.295 e. The van der Waals surface area contributed by atoms with Crippen molar-refractivity contribution in [2.45, 2.75) is 6.04 Å². The second-order valence-corrected chi connectivity index (χ2v) is 7.59. The molecule has 0 aliphatic carbocycles. The van der Waals surface area contributed by atoms with Crippen LogP contribution in [0, 0.1) is 0 Å². The molecule has 0 spiro atoms. The molecule has 0 radical (unpaired) electrons. The van der Waals surface area contributed by atoms with Crippen LogP contribution in [0.1, 0.15) is 17.2 Å². The van der Waals surface area contributed by atoms with Crippen molar-refractivity contribution < 1.29 is 24.2 Å². The van der Waals surface area contributed by atoms with E-state index in [1.807, 2.05) is 30.3 Å². The number of amides is 1. The summed E-state index contributed by atoms with van der Waals surface area (Å²) in [6.07, 6.45) is 0. The Hall–Kier alpha value is -3.16. The zero-order valence-corrected chi connectivity index (χ0v) is 17.5. The number of carbonyl (C=O) groups excluding carboxylic acids is 2. The van der Waals surface area contributed by atoms with Crippen LogP contribution in [-0.2, 0) is 14.3 Å². The topological polar surface area (TPSA) is 79.3 Å². The van der Waals surface area contributed by atoms with Crippen LogP contribution in [0.4, 0.5) is 0 Å². The minimum atomic E-state index is -0.663. The number of likely N-dealkylation sites (tertiary alicyclic amines) is 1. The molecular formula is C24H26N2O5. The third-order valence-electron chi connectivity index (χ3n) is 5.78. The van der Waals surface area contributed by atoms with Gasteiger partial charge in [-0.15, -0.1) is 0 Å². The lowest BCUT2D eigenvalue weighted by molar-refractivity contribution is -0.140. The van der Waals surface area contributed by atoms with E-state index in [0.717, 1.165) is 18.7 Å². The number of aliphatic hydroxyl groups excluding tert-OH is 1. The summed E-state index contributed by atoms with van der Waals surface area (Å²) in [6.45, 7) is 3.96. The zero-order valence-electron chi connectivity index (χ0n) is 17.5. The Kier molecular flexibility index (Phi) is 6.34. The molecule has 7 nitrogen and oxygen atoms in total. The third kappa shape index (κ3) is 4.33. The van der Waals surface area contributed by atoms with Gasteiger partial charge >= 0.3 is 0 Å². The van der Waals surface area contributed by atoms with Crippen LogP contribution < -0.4 is 4.74 Å². The molecule has 2 aliphatic heterocycles. The first-order valence-electron chi connectivity index (χ1n) is 10.4. The second-order valence-electron chi connectivity index (χ2n) is 7.59. The number of aliphatic hydroxyl groups is 1. The first-order valence-corrected chi connectivity index (χ1v) is 10.4. The summed E-state index contributed by atoms with van der Waals surface area (Å²) >= 11 is 0. The Balaban J connectivity index is 1.70. The summed E-state index contributed by atoms with van der Waals surface area (Å²) in [7, 11) is 1.56. The van der Waals surface area contributed by atoms with Crippen LogP contribution in [0.5, 0.6) is 5.75 Å². The predicted octanol–water partition coefficient (Wildman–Crippen LogP) is 2.45. The average Bonchev–Trinajstić information content (AvgIpc) is 3.08. The fourth-order valence-corrected chi connectivity index (χ4v) is 4.07. The molecule has 2 aromatic carbocycles. The van der Waals surface area contributed by atoms with Crippen LogP contribution in [0.3, 0.4) is 0 Å². The highest BCUT2D eigenvalue weighted by Crippen LogP contribution is 2.39. The van der Waals surface area contributed by atoms with Crippen molar-refractivity contribution in [3.05, 3.63) is 71.3 Å². The first kappa shape index (κ1) is 21.1. The van der Waals surface area contributed by atoms with Gasteiger partial charge in [0.2, 0.25) is 0 Å². The summed E-state index contributed by atoms with van der Waals surface area (Å²) in [5.74, 6) is -0.785. The van der Waals surface area contributed by atoms with E-state index in [2.05, 4.69) is 4.90 Å². The van der Waals surface area contributed by atoms with Crippen molar-refractivity contribution in [1.29, 1.82) is 0 Å². The summed E-state index contributed by atoms with van der Waals surface area (Å²) < 4.78 is 10.6. The fraction of sp³-hybridized carbons (Fsp3) is 0.333. The van der Waals surface area contributed by atoms with Crippen LogP contribution in [-0.4, -0.2) is 73.1 Å². The molecule has 4 rings (SSSR count). The van der Waals surface area contributed by atoms with Gasteiger partial charge in [-0.05, 0) is 29.8 Å². The number of ketones is 1. The Morgan fingerprint density at radius 1 is 1.03 bits per heavy atom. The summed E-state index contributed by atoms with van der Waals surface area (Å²) in [4.78, 5) is 29.8. The van der Waals surface area contributed by atoms with Gasteiger partial charge in [-0.3, -0.25) is 14.5 Å². The van der Waals surface area contributed by atoms with Crippen LogP contribution in [0.15, 0.2) is 60.2 Å². The van der Waals surface area contributed by atoms with Crippen molar-refractivity contribution in [3.8, 4) is 5.75 Å². The van der Waals surface area contributed by atoms with E-state index in [1.54, 1.807) is 36.3 Å². The highest BCUT2D eigenvalue weighted by Gasteiger charge is 2.45. The number of morpholine rings is 1. The molecule has 2 fully saturated rings. The average molecular weight is 422 g/mol. The number of rotatable bonds is 6. The van der Waals surface area contributed by atoms with E-state index < -0.39 is 17.7 Å². The Morgan fingerprint density at radius 2 is 1.71 bits per heavy atom. The van der Waals surface area contributed by atoms with E-state index in [9.17, 15) is 14.7 Å². The molecule has 2 aliphatic rings. The third-order valence-corrected chi connectivity index (χ3v) is 5.78. The molecule has 0 aromatic heterocycles. The number of ether oxygens (including phenoxy) is 2. The van der Waals surface area contributed by atoms with E-state index in [1.165, 1.54) is 0 Å². The van der Waals surface area contributed by atoms with Gasteiger partial charge in [0.1, 0.15) is 11.5 Å². The number of hydrogen-bond acceptors (Lipinski definition) is 6. The van der Waals surface area contributed by atoms with Crippen LogP contribution in [0.2, 0.25) is 0 Å². The quantitative estimate of drug-likeness (QED) is 0.438. The van der Waals surface area contributed by atoms with Gasteiger partial charge in [0.15, 0.2) is 0 Å². The van der Waals surface area contributed by atoms with E-state index in [0.29, 0.717) is 37.6 Å². The van der Waals surface area contributed by atoms with Gasteiger partial charge in [0.25, 0.3) is 11.7 Å². The molecule has 1 unspecified atom stereocenters. The van der Waals surface area contributed by atoms with Gasteiger partial charge in [0.05, 0.1) is 31.9 Å². The first-order chi connectivity index (χ1) is 15.1. The van der Waals surface area contributed by atoms with Crippen molar-refractivity contribution in [2.75, 3.05) is 46.5 Å². The summed E-state index contributed by atoms with van der Waals surface area (Å²) in [6, 6.07) is 15.5. The minimum Gasteiger partial charge on any atom is -0.507 e. The highest BCUT2D eigenvalue weighted by atomic mass is 16.5. The normalized spacial score (nSPS) is 21.5. The van der Waals surface area contributed by atoms with Crippen LogP contribution in [0.25, 0.3) is 5.76 Å². The van der Waals surface area contributed by atoms with E-state index in [-0.39, 0.29) is 11.3 Å². The molecule has 162 valence electrons.